The van der Waals surface area contributed by atoms with E-state index in [1.807, 2.05) is 6.07 Å². The number of hydrogen-bond acceptors (Lipinski definition) is 1. The van der Waals surface area contributed by atoms with Gasteiger partial charge in [-0.3, -0.25) is 0 Å². The van der Waals surface area contributed by atoms with Gasteiger partial charge in [-0.05, 0) is 18.6 Å². The fourth-order valence-corrected chi connectivity index (χ4v) is 1.93. The molecule has 0 aromatic heterocycles. The molecule has 0 saturated heterocycles. The van der Waals surface area contributed by atoms with E-state index in [-0.39, 0.29) is 0 Å². The van der Waals surface area contributed by atoms with E-state index in [1.165, 1.54) is 5.56 Å². The first-order valence-electron chi connectivity index (χ1n) is 4.23. The monoisotopic (exact) mass is 226 g/mol. The van der Waals surface area contributed by atoms with Gasteiger partial charge in [0.15, 0.2) is 0 Å². The molecule has 12 heavy (non-hydrogen) atoms. The molecular weight excluding hydrogens is 216 g/mol. The molecule has 1 aromatic rings. The summed E-state index contributed by atoms with van der Waals surface area (Å²) in [4.78, 5) is 0. The van der Waals surface area contributed by atoms with Crippen molar-refractivity contribution < 1.29 is 4.74 Å². The van der Waals surface area contributed by atoms with E-state index in [9.17, 15) is 0 Å². The molecule has 1 aliphatic heterocycles. The van der Waals surface area contributed by atoms with Gasteiger partial charge in [0.1, 0.15) is 5.75 Å². The molecule has 0 radical (unpaired) electrons. The molecule has 0 bridgehead atoms. The maximum absolute atomic E-state index is 5.55. The van der Waals surface area contributed by atoms with Crippen LogP contribution in [-0.4, -0.2) is 6.61 Å². The molecule has 0 spiro atoms. The Morgan fingerprint density at radius 2 is 2.42 bits per heavy atom. The topological polar surface area (TPSA) is 9.23 Å². The minimum Gasteiger partial charge on any atom is -0.493 e. The molecule has 2 rings (SSSR count). The number of ether oxygens (including phenoxy) is 1. The summed E-state index contributed by atoms with van der Waals surface area (Å²) in [6.07, 6.45) is 1.16. The second-order valence-corrected chi connectivity index (χ2v) is 4.01. The van der Waals surface area contributed by atoms with Gasteiger partial charge in [0.05, 0.1) is 6.61 Å². The highest BCUT2D eigenvalue weighted by Gasteiger charge is 2.21. The van der Waals surface area contributed by atoms with Crippen molar-refractivity contribution >= 4 is 15.9 Å². The maximum Gasteiger partial charge on any atom is 0.124 e. The van der Waals surface area contributed by atoms with E-state index < -0.39 is 0 Å². The predicted octanol–water partition coefficient (Wildman–Crippen LogP) is 3.34. The number of hydrogen-bond donors (Lipinski definition) is 0. The summed E-state index contributed by atoms with van der Waals surface area (Å²) >= 11 is 3.43. The van der Waals surface area contributed by atoms with Crippen LogP contribution in [0.25, 0.3) is 0 Å². The molecule has 1 nitrogen and oxygen atoms in total. The van der Waals surface area contributed by atoms with Crippen molar-refractivity contribution in [2.75, 3.05) is 6.61 Å². The van der Waals surface area contributed by atoms with Crippen molar-refractivity contribution in [1.82, 2.24) is 0 Å². The standard InChI is InChI=1S/C10H11BrO/c1-2-7-6-12-10-5-8(11)3-4-9(7)10/h3-5,7H,2,6H2,1H3. The van der Waals surface area contributed by atoms with Crippen molar-refractivity contribution in [3.8, 4) is 5.75 Å². The molecule has 2 heteroatoms. The second kappa shape index (κ2) is 3.09. The Morgan fingerprint density at radius 3 is 3.17 bits per heavy atom. The minimum atomic E-state index is 0.605. The Morgan fingerprint density at radius 1 is 1.58 bits per heavy atom. The first-order chi connectivity index (χ1) is 5.81. The van der Waals surface area contributed by atoms with Gasteiger partial charge in [-0.15, -0.1) is 0 Å². The van der Waals surface area contributed by atoms with E-state index in [2.05, 4.69) is 35.0 Å². The van der Waals surface area contributed by atoms with E-state index in [0.29, 0.717) is 5.92 Å². The molecule has 1 aliphatic rings. The number of halogens is 1. The Labute approximate surface area is 80.9 Å². The number of fused-ring (bicyclic) bond motifs is 1. The molecule has 0 fully saturated rings. The minimum absolute atomic E-state index is 0.605. The lowest BCUT2D eigenvalue weighted by Gasteiger charge is -2.02. The van der Waals surface area contributed by atoms with Crippen LogP contribution in [0.3, 0.4) is 0 Å². The van der Waals surface area contributed by atoms with E-state index in [0.717, 1.165) is 23.2 Å². The summed E-state index contributed by atoms with van der Waals surface area (Å²) in [6, 6.07) is 6.28. The summed E-state index contributed by atoms with van der Waals surface area (Å²) < 4.78 is 6.65. The van der Waals surface area contributed by atoms with E-state index >= 15 is 0 Å². The van der Waals surface area contributed by atoms with Crippen molar-refractivity contribution in [2.24, 2.45) is 0 Å². The van der Waals surface area contributed by atoms with Crippen LogP contribution in [0.1, 0.15) is 24.8 Å². The summed E-state index contributed by atoms with van der Waals surface area (Å²) in [5.74, 6) is 1.66. The van der Waals surface area contributed by atoms with Crippen molar-refractivity contribution in [2.45, 2.75) is 19.3 Å². The van der Waals surface area contributed by atoms with Gasteiger partial charge in [-0.25, -0.2) is 0 Å². The van der Waals surface area contributed by atoms with Crippen molar-refractivity contribution in [3.05, 3.63) is 28.2 Å². The first kappa shape index (κ1) is 8.11. The predicted molar refractivity (Wildman–Crippen MR) is 52.7 cm³/mol. The van der Waals surface area contributed by atoms with Crippen LogP contribution in [0.2, 0.25) is 0 Å². The highest BCUT2D eigenvalue weighted by Crippen LogP contribution is 2.37. The second-order valence-electron chi connectivity index (χ2n) is 3.10. The molecule has 0 aliphatic carbocycles. The Balaban J connectivity index is 2.40. The zero-order valence-corrected chi connectivity index (χ0v) is 8.60. The smallest absolute Gasteiger partial charge is 0.124 e. The van der Waals surface area contributed by atoms with Crippen LogP contribution in [0.5, 0.6) is 5.75 Å². The Bertz CT molecular complexity index is 296. The van der Waals surface area contributed by atoms with Gasteiger partial charge in [-0.2, -0.15) is 0 Å². The Kier molecular flexibility index (Phi) is 2.09. The molecule has 0 saturated carbocycles. The van der Waals surface area contributed by atoms with Gasteiger partial charge in [0.25, 0.3) is 0 Å². The lowest BCUT2D eigenvalue weighted by Crippen LogP contribution is -1.97. The SMILES string of the molecule is CCC1COc2cc(Br)ccc21. The van der Waals surface area contributed by atoms with Gasteiger partial charge in [-0.1, -0.05) is 28.9 Å². The molecule has 1 aromatic carbocycles. The van der Waals surface area contributed by atoms with Crippen LogP contribution in [0.4, 0.5) is 0 Å². The third-order valence-electron chi connectivity index (χ3n) is 2.35. The van der Waals surface area contributed by atoms with Gasteiger partial charge in [0.2, 0.25) is 0 Å². The average Bonchev–Trinajstić information content (AvgIpc) is 2.46. The third-order valence-corrected chi connectivity index (χ3v) is 2.84. The first-order valence-corrected chi connectivity index (χ1v) is 5.03. The van der Waals surface area contributed by atoms with Crippen LogP contribution in [0, 0.1) is 0 Å². The largest absolute Gasteiger partial charge is 0.493 e. The van der Waals surface area contributed by atoms with Gasteiger partial charge >= 0.3 is 0 Å². The zero-order valence-electron chi connectivity index (χ0n) is 7.01. The molecule has 64 valence electrons. The van der Waals surface area contributed by atoms with E-state index in [4.69, 9.17) is 4.74 Å². The van der Waals surface area contributed by atoms with Crippen LogP contribution < -0.4 is 4.74 Å². The molecular formula is C10H11BrO. The van der Waals surface area contributed by atoms with Gasteiger partial charge in [0, 0.05) is 16.0 Å². The van der Waals surface area contributed by atoms with Crippen LogP contribution in [-0.2, 0) is 0 Å². The highest BCUT2D eigenvalue weighted by molar-refractivity contribution is 9.10. The zero-order chi connectivity index (χ0) is 8.55. The summed E-state index contributed by atoms with van der Waals surface area (Å²) in [5, 5.41) is 0. The van der Waals surface area contributed by atoms with E-state index in [1.54, 1.807) is 0 Å². The fraction of sp³-hybridized carbons (Fsp3) is 0.400. The van der Waals surface area contributed by atoms with Crippen LogP contribution >= 0.6 is 15.9 Å². The summed E-state index contributed by atoms with van der Waals surface area (Å²) in [6.45, 7) is 3.05. The molecule has 0 N–H and O–H groups in total. The quantitative estimate of drug-likeness (QED) is 0.714. The summed E-state index contributed by atoms with van der Waals surface area (Å²) in [5.41, 5.74) is 1.36. The highest BCUT2D eigenvalue weighted by atomic mass is 79.9. The molecule has 1 unspecified atom stereocenters. The molecule has 1 heterocycles. The van der Waals surface area contributed by atoms with Crippen molar-refractivity contribution in [1.29, 1.82) is 0 Å². The maximum atomic E-state index is 5.55. The number of benzene rings is 1. The fourth-order valence-electron chi connectivity index (χ4n) is 1.59. The normalized spacial score (nSPS) is 20.3. The van der Waals surface area contributed by atoms with Gasteiger partial charge < -0.3 is 4.74 Å². The van der Waals surface area contributed by atoms with Crippen molar-refractivity contribution in [3.63, 3.8) is 0 Å². The lowest BCUT2D eigenvalue weighted by molar-refractivity contribution is 0.328. The number of rotatable bonds is 1. The lowest BCUT2D eigenvalue weighted by atomic mass is 9.99. The molecule has 1 atom stereocenters. The Hall–Kier alpha value is -0.500. The summed E-state index contributed by atoms with van der Waals surface area (Å²) in [7, 11) is 0. The molecule has 0 amide bonds. The van der Waals surface area contributed by atoms with Crippen LogP contribution in [0.15, 0.2) is 22.7 Å². The third kappa shape index (κ3) is 1.24. The average molecular weight is 227 g/mol.